The Hall–Kier alpha value is -1.81. The molecule has 4 heteroatoms. The number of benzene rings is 1. The van der Waals surface area contributed by atoms with E-state index >= 15 is 0 Å². The minimum absolute atomic E-state index is 0.102. The molecule has 0 spiro atoms. The number of nitrogens with one attached hydrogen (secondary N) is 1. The van der Waals surface area contributed by atoms with Gasteiger partial charge in [0.15, 0.2) is 0 Å². The number of amides is 1. The van der Waals surface area contributed by atoms with E-state index in [1.807, 2.05) is 12.1 Å². The molecule has 1 saturated heterocycles. The van der Waals surface area contributed by atoms with Gasteiger partial charge in [0.1, 0.15) is 0 Å². The van der Waals surface area contributed by atoms with Crippen molar-refractivity contribution in [2.24, 2.45) is 5.92 Å². The van der Waals surface area contributed by atoms with E-state index < -0.39 is 0 Å². The number of allylic oxidation sites excluding steroid dienone is 2. The highest BCUT2D eigenvalue weighted by molar-refractivity contribution is 5.91. The Morgan fingerprint density at radius 3 is 2.67 bits per heavy atom. The van der Waals surface area contributed by atoms with Crippen molar-refractivity contribution >= 4 is 17.3 Å². The summed E-state index contributed by atoms with van der Waals surface area (Å²) in [6.45, 7) is 3.43. The van der Waals surface area contributed by atoms with Crippen LogP contribution in [0.5, 0.6) is 0 Å². The largest absolute Gasteiger partial charge is 0.378 e. The van der Waals surface area contributed by atoms with Crippen LogP contribution in [0.25, 0.3) is 0 Å². The molecule has 1 aromatic rings. The van der Waals surface area contributed by atoms with Crippen molar-refractivity contribution in [2.45, 2.75) is 19.3 Å². The maximum atomic E-state index is 12.0. The van der Waals surface area contributed by atoms with E-state index in [-0.39, 0.29) is 5.91 Å². The third-order valence-corrected chi connectivity index (χ3v) is 4.09. The highest BCUT2D eigenvalue weighted by Crippen LogP contribution is 2.22. The number of morpholine rings is 1. The lowest BCUT2D eigenvalue weighted by molar-refractivity contribution is -0.116. The van der Waals surface area contributed by atoms with Crippen LogP contribution in [0, 0.1) is 5.92 Å². The summed E-state index contributed by atoms with van der Waals surface area (Å²) in [4.78, 5) is 14.3. The lowest BCUT2D eigenvalue weighted by atomic mass is 10.1. The second kappa shape index (κ2) is 6.76. The molecule has 4 nitrogen and oxygen atoms in total. The Balaban J connectivity index is 1.53. The zero-order valence-electron chi connectivity index (χ0n) is 12.3. The molecule has 0 radical (unpaired) electrons. The van der Waals surface area contributed by atoms with Gasteiger partial charge in [0.05, 0.1) is 13.2 Å². The number of nitrogens with zero attached hydrogens (tertiary/aromatic N) is 1. The average Bonchev–Trinajstić information content (AvgIpc) is 3.02. The lowest BCUT2D eigenvalue weighted by Crippen LogP contribution is -2.36. The molecule has 1 fully saturated rings. The van der Waals surface area contributed by atoms with E-state index in [4.69, 9.17) is 4.74 Å². The molecule has 1 aliphatic heterocycles. The molecule has 112 valence electrons. The molecule has 1 N–H and O–H groups in total. The zero-order valence-corrected chi connectivity index (χ0v) is 12.3. The maximum Gasteiger partial charge on any atom is 0.224 e. The van der Waals surface area contributed by atoms with Gasteiger partial charge in [-0.3, -0.25) is 4.79 Å². The summed E-state index contributed by atoms with van der Waals surface area (Å²) in [5, 5.41) is 2.98. The Morgan fingerprint density at radius 2 is 2.00 bits per heavy atom. The molecule has 1 unspecified atom stereocenters. The average molecular weight is 286 g/mol. The first-order valence-corrected chi connectivity index (χ1v) is 7.70. The van der Waals surface area contributed by atoms with Crippen molar-refractivity contribution < 1.29 is 9.53 Å². The topological polar surface area (TPSA) is 41.6 Å². The molecule has 1 heterocycles. The molecule has 3 rings (SSSR count). The van der Waals surface area contributed by atoms with Crippen LogP contribution in [0.3, 0.4) is 0 Å². The van der Waals surface area contributed by atoms with Crippen molar-refractivity contribution in [3.05, 3.63) is 36.4 Å². The maximum absolute atomic E-state index is 12.0. The van der Waals surface area contributed by atoms with Crippen LogP contribution >= 0.6 is 0 Å². The molecule has 1 aliphatic carbocycles. The standard InChI is InChI=1S/C17H22N2O2/c20-17(13-14-3-1-2-4-14)18-15-5-7-16(8-6-15)19-9-11-21-12-10-19/h1,3,5-8,14H,2,4,9-13H2,(H,18,20). The smallest absolute Gasteiger partial charge is 0.224 e. The van der Waals surface area contributed by atoms with Gasteiger partial charge < -0.3 is 15.0 Å². The Morgan fingerprint density at radius 1 is 1.24 bits per heavy atom. The van der Waals surface area contributed by atoms with E-state index in [9.17, 15) is 4.79 Å². The van der Waals surface area contributed by atoms with Crippen LogP contribution in [0.15, 0.2) is 36.4 Å². The summed E-state index contributed by atoms with van der Waals surface area (Å²) in [5.41, 5.74) is 2.06. The first kappa shape index (κ1) is 14.1. The predicted octanol–water partition coefficient (Wildman–Crippen LogP) is 2.82. The SMILES string of the molecule is O=C(CC1C=CCC1)Nc1ccc(N2CCOCC2)cc1. The summed E-state index contributed by atoms with van der Waals surface area (Å²) < 4.78 is 5.36. The third kappa shape index (κ3) is 3.85. The quantitative estimate of drug-likeness (QED) is 0.865. The predicted molar refractivity (Wildman–Crippen MR) is 84.6 cm³/mol. The summed E-state index contributed by atoms with van der Waals surface area (Å²) in [5.74, 6) is 0.517. The Bertz CT molecular complexity index is 504. The summed E-state index contributed by atoms with van der Waals surface area (Å²) in [6.07, 6.45) is 7.10. The Labute approximate surface area is 125 Å². The summed E-state index contributed by atoms with van der Waals surface area (Å²) in [7, 11) is 0. The summed E-state index contributed by atoms with van der Waals surface area (Å²) in [6, 6.07) is 8.09. The van der Waals surface area contributed by atoms with Gasteiger partial charge in [0.25, 0.3) is 0 Å². The van der Waals surface area contributed by atoms with Crippen LogP contribution in [-0.2, 0) is 9.53 Å². The first-order chi connectivity index (χ1) is 10.3. The molecule has 1 amide bonds. The number of carbonyl (C=O) groups is 1. The van der Waals surface area contributed by atoms with E-state index in [1.54, 1.807) is 0 Å². The fourth-order valence-electron chi connectivity index (χ4n) is 2.89. The molecule has 0 bridgehead atoms. The van der Waals surface area contributed by atoms with Gasteiger partial charge in [-0.2, -0.15) is 0 Å². The van der Waals surface area contributed by atoms with Crippen LogP contribution in [0.2, 0.25) is 0 Å². The summed E-state index contributed by atoms with van der Waals surface area (Å²) >= 11 is 0. The Kier molecular flexibility index (Phi) is 4.55. The highest BCUT2D eigenvalue weighted by atomic mass is 16.5. The van der Waals surface area contributed by atoms with E-state index in [2.05, 4.69) is 34.5 Å². The molecule has 21 heavy (non-hydrogen) atoms. The highest BCUT2D eigenvalue weighted by Gasteiger charge is 2.14. The second-order valence-corrected chi connectivity index (χ2v) is 5.66. The molecular formula is C17H22N2O2. The molecule has 0 aromatic heterocycles. The molecular weight excluding hydrogens is 264 g/mol. The lowest BCUT2D eigenvalue weighted by Gasteiger charge is -2.28. The number of carbonyl (C=O) groups excluding carboxylic acids is 1. The monoisotopic (exact) mass is 286 g/mol. The fourth-order valence-corrected chi connectivity index (χ4v) is 2.89. The van der Waals surface area contributed by atoms with Gasteiger partial charge >= 0.3 is 0 Å². The van der Waals surface area contributed by atoms with Gasteiger partial charge in [-0.1, -0.05) is 12.2 Å². The van der Waals surface area contributed by atoms with E-state index in [0.717, 1.165) is 44.8 Å². The number of hydrogen-bond acceptors (Lipinski definition) is 3. The van der Waals surface area contributed by atoms with Crippen LogP contribution in [-0.4, -0.2) is 32.2 Å². The molecule has 1 atom stereocenters. The van der Waals surface area contributed by atoms with Gasteiger partial charge in [0, 0.05) is 30.9 Å². The van der Waals surface area contributed by atoms with Crippen molar-refractivity contribution in [1.29, 1.82) is 0 Å². The van der Waals surface area contributed by atoms with Crippen molar-refractivity contribution in [3.63, 3.8) is 0 Å². The normalized spacial score (nSPS) is 21.5. The number of hydrogen-bond donors (Lipinski definition) is 1. The zero-order chi connectivity index (χ0) is 14.5. The van der Waals surface area contributed by atoms with Crippen molar-refractivity contribution in [1.82, 2.24) is 0 Å². The minimum atomic E-state index is 0.102. The third-order valence-electron chi connectivity index (χ3n) is 4.09. The number of ether oxygens (including phenoxy) is 1. The van der Waals surface area contributed by atoms with Crippen LogP contribution in [0.1, 0.15) is 19.3 Å². The van der Waals surface area contributed by atoms with E-state index in [0.29, 0.717) is 12.3 Å². The van der Waals surface area contributed by atoms with Gasteiger partial charge in [0.2, 0.25) is 5.91 Å². The van der Waals surface area contributed by atoms with Crippen molar-refractivity contribution in [2.75, 3.05) is 36.5 Å². The molecule has 0 saturated carbocycles. The van der Waals surface area contributed by atoms with Gasteiger partial charge in [-0.05, 0) is 43.0 Å². The van der Waals surface area contributed by atoms with Crippen molar-refractivity contribution in [3.8, 4) is 0 Å². The molecule has 2 aliphatic rings. The number of anilines is 2. The van der Waals surface area contributed by atoms with Gasteiger partial charge in [-0.25, -0.2) is 0 Å². The fraction of sp³-hybridized carbons (Fsp3) is 0.471. The van der Waals surface area contributed by atoms with Gasteiger partial charge in [-0.15, -0.1) is 0 Å². The minimum Gasteiger partial charge on any atom is -0.378 e. The van der Waals surface area contributed by atoms with Crippen LogP contribution in [0.4, 0.5) is 11.4 Å². The van der Waals surface area contributed by atoms with E-state index in [1.165, 1.54) is 5.69 Å². The molecule has 1 aromatic carbocycles. The van der Waals surface area contributed by atoms with Crippen LogP contribution < -0.4 is 10.2 Å². The first-order valence-electron chi connectivity index (χ1n) is 7.70. The number of rotatable bonds is 4. The second-order valence-electron chi connectivity index (χ2n) is 5.66.